The van der Waals surface area contributed by atoms with E-state index in [2.05, 4.69) is 25.4 Å². The molecule has 0 fully saturated rings. The van der Waals surface area contributed by atoms with Gasteiger partial charge in [0.1, 0.15) is 6.33 Å². The van der Waals surface area contributed by atoms with Crippen molar-refractivity contribution in [2.24, 2.45) is 7.05 Å². The quantitative estimate of drug-likeness (QED) is 0.591. The van der Waals surface area contributed by atoms with Gasteiger partial charge in [0.15, 0.2) is 0 Å². The van der Waals surface area contributed by atoms with E-state index in [1.165, 1.54) is 6.33 Å². The van der Waals surface area contributed by atoms with Crippen LogP contribution in [0.5, 0.6) is 0 Å². The molecule has 0 aliphatic rings. The lowest BCUT2D eigenvalue weighted by Crippen LogP contribution is -2.14. The molecule has 4 rings (SSSR count). The molecule has 130 valence electrons. The predicted octanol–water partition coefficient (Wildman–Crippen LogP) is 3.92. The van der Waals surface area contributed by atoms with Crippen LogP contribution in [0.2, 0.25) is 5.02 Å². The first-order chi connectivity index (χ1) is 12.6. The highest BCUT2D eigenvalue weighted by molar-refractivity contribution is 6.30. The van der Waals surface area contributed by atoms with Crippen molar-refractivity contribution in [1.82, 2.24) is 24.7 Å². The molecule has 0 spiro atoms. The lowest BCUT2D eigenvalue weighted by atomic mass is 10.2. The van der Waals surface area contributed by atoms with Crippen LogP contribution in [-0.4, -0.2) is 31.8 Å². The van der Waals surface area contributed by atoms with E-state index in [0.717, 1.165) is 22.3 Å². The second-order valence-electron chi connectivity index (χ2n) is 5.85. The monoisotopic (exact) mass is 365 g/mol. The van der Waals surface area contributed by atoms with Crippen LogP contribution in [0.1, 0.15) is 0 Å². The third-order valence-corrected chi connectivity index (χ3v) is 4.16. The van der Waals surface area contributed by atoms with Gasteiger partial charge in [0.25, 0.3) is 0 Å². The number of nitrogens with zero attached hydrogens (tertiary/aromatic N) is 6. The Morgan fingerprint density at radius 2 is 2.00 bits per heavy atom. The van der Waals surface area contributed by atoms with Gasteiger partial charge in [-0.25, -0.2) is 9.97 Å². The fourth-order valence-corrected chi connectivity index (χ4v) is 2.85. The summed E-state index contributed by atoms with van der Waals surface area (Å²) in [5, 5.41) is 9.28. The largest absolute Gasteiger partial charge is 0.324 e. The Hall–Kier alpha value is -3.19. The molecule has 0 aliphatic heterocycles. The van der Waals surface area contributed by atoms with E-state index in [1.807, 2.05) is 67.7 Å². The third kappa shape index (κ3) is 3.29. The van der Waals surface area contributed by atoms with Gasteiger partial charge in [-0.1, -0.05) is 17.7 Å². The molecule has 4 aromatic rings. The summed E-state index contributed by atoms with van der Waals surface area (Å²) in [5.41, 5.74) is 2.72. The van der Waals surface area contributed by atoms with Crippen molar-refractivity contribution >= 4 is 45.8 Å². The van der Waals surface area contributed by atoms with Crippen LogP contribution in [0.4, 0.5) is 23.3 Å². The second kappa shape index (κ2) is 6.61. The summed E-state index contributed by atoms with van der Waals surface area (Å²) in [4.78, 5) is 14.8. The molecular formula is C18H16ClN7. The molecule has 2 aromatic carbocycles. The summed E-state index contributed by atoms with van der Waals surface area (Å²) in [6, 6.07) is 13.4. The number of aromatic nitrogens is 5. The van der Waals surface area contributed by atoms with E-state index in [4.69, 9.17) is 11.6 Å². The topological polar surface area (TPSA) is 71.8 Å². The predicted molar refractivity (Wildman–Crippen MR) is 103 cm³/mol. The summed E-state index contributed by atoms with van der Waals surface area (Å²) in [6.45, 7) is 0. The Morgan fingerprint density at radius 1 is 1.12 bits per heavy atom. The van der Waals surface area contributed by atoms with E-state index in [-0.39, 0.29) is 0 Å². The van der Waals surface area contributed by atoms with Gasteiger partial charge in [-0.05, 0) is 36.4 Å². The maximum absolute atomic E-state index is 6.07. The van der Waals surface area contributed by atoms with Crippen molar-refractivity contribution in [3.05, 3.63) is 60.0 Å². The highest BCUT2D eigenvalue weighted by Gasteiger charge is 2.10. The number of aryl methyl sites for hydroxylation is 1. The number of fused-ring (bicyclic) bond motifs is 1. The molecule has 0 atom stereocenters. The Kier molecular flexibility index (Phi) is 4.14. The molecular weight excluding hydrogens is 350 g/mol. The van der Waals surface area contributed by atoms with Gasteiger partial charge in [0.2, 0.25) is 11.9 Å². The van der Waals surface area contributed by atoms with E-state index < -0.39 is 0 Å². The first-order valence-corrected chi connectivity index (χ1v) is 8.35. The normalized spacial score (nSPS) is 10.9. The van der Waals surface area contributed by atoms with Gasteiger partial charge in [0.05, 0.1) is 5.52 Å². The van der Waals surface area contributed by atoms with Crippen molar-refractivity contribution in [2.45, 2.75) is 0 Å². The number of anilines is 4. The summed E-state index contributed by atoms with van der Waals surface area (Å²) >= 11 is 6.07. The maximum atomic E-state index is 6.07. The highest BCUT2D eigenvalue weighted by Crippen LogP contribution is 2.24. The summed E-state index contributed by atoms with van der Waals surface area (Å²) < 4.78 is 1.79. The van der Waals surface area contributed by atoms with E-state index in [1.54, 1.807) is 4.68 Å². The van der Waals surface area contributed by atoms with Crippen molar-refractivity contribution in [3.63, 3.8) is 0 Å². The van der Waals surface area contributed by atoms with Crippen LogP contribution < -0.4 is 10.2 Å². The summed E-state index contributed by atoms with van der Waals surface area (Å²) in [7, 11) is 3.78. The number of benzene rings is 2. The Balaban J connectivity index is 1.60. The molecule has 0 radical (unpaired) electrons. The number of rotatable bonds is 4. The van der Waals surface area contributed by atoms with Crippen LogP contribution in [0, 0.1) is 0 Å². The van der Waals surface area contributed by atoms with Crippen LogP contribution in [0.15, 0.2) is 55.0 Å². The summed E-state index contributed by atoms with van der Waals surface area (Å²) in [5.74, 6) is 0.986. The fourth-order valence-electron chi connectivity index (χ4n) is 2.67. The Labute approximate surface area is 155 Å². The van der Waals surface area contributed by atoms with Crippen molar-refractivity contribution < 1.29 is 0 Å². The molecule has 0 unspecified atom stereocenters. The van der Waals surface area contributed by atoms with Crippen LogP contribution in [-0.2, 0) is 7.05 Å². The van der Waals surface area contributed by atoms with Gasteiger partial charge in [-0.15, -0.1) is 0 Å². The van der Waals surface area contributed by atoms with E-state index in [9.17, 15) is 0 Å². The number of halogens is 1. The molecule has 2 aromatic heterocycles. The third-order valence-electron chi connectivity index (χ3n) is 3.93. The average Bonchev–Trinajstić information content (AvgIpc) is 3.00. The van der Waals surface area contributed by atoms with Gasteiger partial charge >= 0.3 is 0 Å². The average molecular weight is 366 g/mol. The van der Waals surface area contributed by atoms with Crippen LogP contribution in [0.25, 0.3) is 10.9 Å². The minimum atomic E-state index is 0.465. The van der Waals surface area contributed by atoms with Crippen molar-refractivity contribution in [2.75, 3.05) is 17.3 Å². The van der Waals surface area contributed by atoms with Gasteiger partial charge in [-0.3, -0.25) is 4.68 Å². The minimum Gasteiger partial charge on any atom is -0.324 e. The molecule has 7 nitrogen and oxygen atoms in total. The number of nitrogens with one attached hydrogen (secondary N) is 1. The lowest BCUT2D eigenvalue weighted by Gasteiger charge is -2.17. The molecule has 0 bridgehead atoms. The van der Waals surface area contributed by atoms with Gasteiger partial charge in [-0.2, -0.15) is 10.1 Å². The second-order valence-corrected chi connectivity index (χ2v) is 6.29. The zero-order valence-corrected chi connectivity index (χ0v) is 15.0. The first kappa shape index (κ1) is 16.3. The zero-order valence-electron chi connectivity index (χ0n) is 14.3. The van der Waals surface area contributed by atoms with Gasteiger partial charge < -0.3 is 10.2 Å². The van der Waals surface area contributed by atoms with E-state index >= 15 is 0 Å². The lowest BCUT2D eigenvalue weighted by molar-refractivity contribution is 0.780. The van der Waals surface area contributed by atoms with Crippen LogP contribution in [0.3, 0.4) is 0 Å². The summed E-state index contributed by atoms with van der Waals surface area (Å²) in [6.07, 6.45) is 3.45. The first-order valence-electron chi connectivity index (χ1n) is 7.97. The molecule has 8 heteroatoms. The molecule has 0 saturated heterocycles. The number of hydrogen-bond acceptors (Lipinski definition) is 6. The van der Waals surface area contributed by atoms with Crippen molar-refractivity contribution in [1.29, 1.82) is 0 Å². The maximum Gasteiger partial charge on any atom is 0.234 e. The fraction of sp³-hybridized carbons (Fsp3) is 0.111. The standard InChI is InChI=1S/C18H16ClN7/c1-25-10-12-8-14(6-7-16(12)24-25)22-17-20-11-21-18(23-17)26(2)15-5-3-4-13(19)9-15/h3-11H,1-2H3,(H,20,21,22,23). The van der Waals surface area contributed by atoms with E-state index in [0.29, 0.717) is 16.9 Å². The minimum absolute atomic E-state index is 0.465. The Morgan fingerprint density at radius 3 is 2.85 bits per heavy atom. The molecule has 1 N–H and O–H groups in total. The van der Waals surface area contributed by atoms with Crippen LogP contribution >= 0.6 is 11.6 Å². The highest BCUT2D eigenvalue weighted by atomic mass is 35.5. The van der Waals surface area contributed by atoms with Crippen molar-refractivity contribution in [3.8, 4) is 0 Å². The molecule has 0 amide bonds. The molecule has 2 heterocycles. The SMILES string of the molecule is CN(c1cccc(Cl)c1)c1ncnc(Nc2ccc3nn(C)cc3c2)n1. The molecule has 0 saturated carbocycles. The van der Waals surface area contributed by atoms with Gasteiger partial charge in [0, 0.05) is 42.1 Å². The number of hydrogen-bond donors (Lipinski definition) is 1. The zero-order chi connectivity index (χ0) is 18.1. The molecule has 0 aliphatic carbocycles. The molecule has 26 heavy (non-hydrogen) atoms. The Bertz CT molecular complexity index is 1080. The smallest absolute Gasteiger partial charge is 0.234 e.